The maximum absolute atomic E-state index is 13.6. The highest BCUT2D eigenvalue weighted by atomic mass is 35.5. The third-order valence-electron chi connectivity index (χ3n) is 7.16. The van der Waals surface area contributed by atoms with Gasteiger partial charge in [0.1, 0.15) is 35.5 Å². The van der Waals surface area contributed by atoms with Gasteiger partial charge in [-0.1, -0.05) is 37.3 Å². The van der Waals surface area contributed by atoms with Crippen molar-refractivity contribution in [2.45, 2.75) is 45.9 Å². The van der Waals surface area contributed by atoms with E-state index in [0.717, 1.165) is 17.7 Å². The molecule has 0 fully saturated rings. The maximum Gasteiger partial charge on any atom is 0.251 e. The van der Waals surface area contributed by atoms with Gasteiger partial charge in [-0.15, -0.1) is 0 Å². The Kier molecular flexibility index (Phi) is 9.19. The van der Waals surface area contributed by atoms with E-state index in [1.54, 1.807) is 48.3 Å². The summed E-state index contributed by atoms with van der Waals surface area (Å²) >= 11 is 7.06. The van der Waals surface area contributed by atoms with Crippen LogP contribution in [-0.2, 0) is 25.1 Å². The van der Waals surface area contributed by atoms with Crippen molar-refractivity contribution in [2.75, 3.05) is 6.61 Å². The summed E-state index contributed by atoms with van der Waals surface area (Å²) < 4.78 is 43.3. The molecule has 5 rings (SSSR count). The Morgan fingerprint density at radius 2 is 1.84 bits per heavy atom. The van der Waals surface area contributed by atoms with Crippen LogP contribution in [0.3, 0.4) is 0 Å². The summed E-state index contributed by atoms with van der Waals surface area (Å²) in [5.74, 6) is -0.915. The first kappa shape index (κ1) is 31.4. The van der Waals surface area contributed by atoms with Crippen LogP contribution in [0.1, 0.15) is 21.5 Å². The Morgan fingerprint density at radius 3 is 2.52 bits per heavy atom. The van der Waals surface area contributed by atoms with Crippen LogP contribution in [0.5, 0.6) is 11.5 Å². The minimum atomic E-state index is -1.28. The van der Waals surface area contributed by atoms with Gasteiger partial charge >= 0.3 is 0 Å². The van der Waals surface area contributed by atoms with E-state index in [0.29, 0.717) is 56.5 Å². The number of carbonyl (C=O) groups is 1. The molecule has 0 spiro atoms. The average molecular weight is 638 g/mol. The fourth-order valence-corrected chi connectivity index (χ4v) is 5.98. The summed E-state index contributed by atoms with van der Waals surface area (Å²) in [4.78, 5) is 17.7. The highest BCUT2D eigenvalue weighted by molar-refractivity contribution is 6.76. The molecule has 0 radical (unpaired) electrons. The third kappa shape index (κ3) is 7.01. The molecule has 3 heterocycles. The number of rotatable bonds is 11. The largest absolute Gasteiger partial charge is 0.456 e. The number of halogens is 3. The van der Waals surface area contributed by atoms with E-state index in [4.69, 9.17) is 21.1 Å². The van der Waals surface area contributed by atoms with Gasteiger partial charge in [-0.3, -0.25) is 14.0 Å². The molecule has 0 aliphatic carbocycles. The van der Waals surface area contributed by atoms with Crippen molar-refractivity contribution < 1.29 is 23.0 Å². The number of aryl methyl sites for hydroxylation is 1. The second kappa shape index (κ2) is 12.9. The molecule has 8 nitrogen and oxygen atoms in total. The van der Waals surface area contributed by atoms with Crippen molar-refractivity contribution in [3.63, 3.8) is 0 Å². The Hall–Kier alpha value is -4.06. The molecule has 0 atom stereocenters. The molecule has 0 aliphatic heterocycles. The van der Waals surface area contributed by atoms with Gasteiger partial charge in [0.25, 0.3) is 5.91 Å². The van der Waals surface area contributed by atoms with Crippen LogP contribution < -0.4 is 10.1 Å². The van der Waals surface area contributed by atoms with Crippen LogP contribution in [-0.4, -0.2) is 39.9 Å². The average Bonchev–Trinajstić information content (AvgIpc) is 3.50. The predicted octanol–water partition coefficient (Wildman–Crippen LogP) is 7.71. The molecule has 0 saturated carbocycles. The number of amides is 1. The summed E-state index contributed by atoms with van der Waals surface area (Å²) in [7, 11) is 0.554. The van der Waals surface area contributed by atoms with Gasteiger partial charge in [-0.2, -0.15) is 5.10 Å². The molecule has 0 unspecified atom stereocenters. The van der Waals surface area contributed by atoms with E-state index in [9.17, 15) is 13.6 Å². The number of benzene rings is 2. The van der Waals surface area contributed by atoms with Gasteiger partial charge in [0.15, 0.2) is 0 Å². The van der Waals surface area contributed by atoms with Crippen molar-refractivity contribution in [3.05, 3.63) is 94.4 Å². The lowest BCUT2D eigenvalue weighted by Gasteiger charge is -2.16. The zero-order valence-electron chi connectivity index (χ0n) is 25.2. The quantitative estimate of drug-likeness (QED) is 0.118. The monoisotopic (exact) mass is 637 g/mol. The van der Waals surface area contributed by atoms with Gasteiger partial charge in [-0.25, -0.2) is 13.8 Å². The number of fused-ring (bicyclic) bond motifs is 1. The highest BCUT2D eigenvalue weighted by Crippen LogP contribution is 2.43. The first-order chi connectivity index (χ1) is 20.9. The molecule has 44 heavy (non-hydrogen) atoms. The van der Waals surface area contributed by atoms with E-state index in [1.165, 1.54) is 12.1 Å². The van der Waals surface area contributed by atoms with Crippen LogP contribution in [0.25, 0.3) is 22.3 Å². The van der Waals surface area contributed by atoms with Crippen molar-refractivity contribution in [1.29, 1.82) is 0 Å². The van der Waals surface area contributed by atoms with E-state index >= 15 is 0 Å². The fourth-order valence-electron chi connectivity index (χ4n) is 4.84. The molecular weight excluding hydrogens is 604 g/mol. The SMILES string of the molecule is Cc1c(Oc2ccnc3c2c(Cl)c(-c2cnn(C)c2)n3COCC[Si](C)(C)C)cccc1C(=O)NCc1cc(F)cc(F)c1. The topological polar surface area (TPSA) is 83.2 Å². The summed E-state index contributed by atoms with van der Waals surface area (Å²) in [5.41, 5.74) is 3.37. The number of nitrogens with zero attached hydrogens (tertiary/aromatic N) is 4. The van der Waals surface area contributed by atoms with E-state index in [-0.39, 0.29) is 13.3 Å². The van der Waals surface area contributed by atoms with Crippen LogP contribution in [0.15, 0.2) is 61.1 Å². The lowest BCUT2D eigenvalue weighted by Crippen LogP contribution is -2.23. The molecule has 0 saturated heterocycles. The molecule has 2 aromatic carbocycles. The van der Waals surface area contributed by atoms with Crippen molar-refractivity contribution >= 4 is 36.6 Å². The summed E-state index contributed by atoms with van der Waals surface area (Å²) in [6.07, 6.45) is 5.26. The molecule has 1 amide bonds. The Morgan fingerprint density at radius 1 is 1.09 bits per heavy atom. The molecule has 12 heteroatoms. The van der Waals surface area contributed by atoms with E-state index < -0.39 is 25.6 Å². The minimum Gasteiger partial charge on any atom is -0.456 e. The number of pyridine rings is 1. The molecular formula is C32H34ClF2N5O3Si. The third-order valence-corrected chi connectivity index (χ3v) is 9.24. The molecule has 230 valence electrons. The van der Waals surface area contributed by atoms with Gasteiger partial charge < -0.3 is 14.8 Å². The zero-order chi connectivity index (χ0) is 31.6. The normalized spacial score (nSPS) is 11.7. The number of hydrogen-bond acceptors (Lipinski definition) is 5. The van der Waals surface area contributed by atoms with Gasteiger partial charge in [0, 0.05) is 63.4 Å². The molecule has 5 aromatic rings. The standard InChI is InChI=1S/C32H34ClF2N5O3Si/c1-20-25(32(41)37-16-21-13-23(34)15-24(35)14-21)7-6-8-26(20)43-27-9-10-36-31-28(27)29(33)30(22-17-38-39(2)18-22)40(31)19-42-11-12-44(3,4)5/h6-10,13-15,17-18H,11-12,16,19H2,1-5H3,(H,37,41). The van der Waals surface area contributed by atoms with Gasteiger partial charge in [0.05, 0.1) is 22.3 Å². The smallest absolute Gasteiger partial charge is 0.251 e. The molecule has 3 aromatic heterocycles. The lowest BCUT2D eigenvalue weighted by atomic mass is 10.1. The fraction of sp³-hybridized carbons (Fsp3) is 0.281. The second-order valence-corrected chi connectivity index (χ2v) is 17.8. The number of ether oxygens (including phenoxy) is 2. The molecule has 0 aliphatic rings. The maximum atomic E-state index is 13.6. The second-order valence-electron chi connectivity index (χ2n) is 11.8. The zero-order valence-corrected chi connectivity index (χ0v) is 27.0. The highest BCUT2D eigenvalue weighted by Gasteiger charge is 2.24. The predicted molar refractivity (Wildman–Crippen MR) is 170 cm³/mol. The summed E-state index contributed by atoms with van der Waals surface area (Å²) in [6, 6.07) is 11.0. The summed E-state index contributed by atoms with van der Waals surface area (Å²) in [5, 5.41) is 8.10. The molecule has 1 N–H and O–H groups in total. The lowest BCUT2D eigenvalue weighted by molar-refractivity contribution is 0.0909. The van der Waals surface area contributed by atoms with Crippen LogP contribution in [0.4, 0.5) is 8.78 Å². The van der Waals surface area contributed by atoms with Crippen molar-refractivity contribution in [2.24, 2.45) is 7.05 Å². The minimum absolute atomic E-state index is 0.0384. The van der Waals surface area contributed by atoms with E-state index in [1.807, 2.05) is 17.8 Å². The van der Waals surface area contributed by atoms with Crippen LogP contribution in [0, 0.1) is 18.6 Å². The van der Waals surface area contributed by atoms with Gasteiger partial charge in [-0.05, 0) is 48.9 Å². The van der Waals surface area contributed by atoms with Crippen molar-refractivity contribution in [3.8, 4) is 22.8 Å². The first-order valence-electron chi connectivity index (χ1n) is 14.2. The van der Waals surface area contributed by atoms with Crippen LogP contribution >= 0.6 is 11.6 Å². The Bertz CT molecular complexity index is 1810. The number of nitrogens with one attached hydrogen (secondary N) is 1. The summed E-state index contributed by atoms with van der Waals surface area (Å²) in [6.45, 7) is 9.51. The molecule has 0 bridgehead atoms. The number of hydrogen-bond donors (Lipinski definition) is 1. The van der Waals surface area contributed by atoms with E-state index in [2.05, 4.69) is 35.0 Å². The first-order valence-corrected chi connectivity index (χ1v) is 18.2. The van der Waals surface area contributed by atoms with Crippen molar-refractivity contribution in [1.82, 2.24) is 24.6 Å². The van der Waals surface area contributed by atoms with Gasteiger partial charge in [0.2, 0.25) is 0 Å². The number of carbonyl (C=O) groups excluding carboxylic acids is 1. The Labute approximate surface area is 260 Å². The Balaban J connectivity index is 1.45. The number of aromatic nitrogens is 4. The van der Waals surface area contributed by atoms with Crippen LogP contribution in [0.2, 0.25) is 30.7 Å².